The average Bonchev–Trinajstić information content (AvgIpc) is 2.91. The summed E-state index contributed by atoms with van der Waals surface area (Å²) in [6.45, 7) is 3.10. The summed E-state index contributed by atoms with van der Waals surface area (Å²) < 4.78 is 0. The lowest BCUT2D eigenvalue weighted by Crippen LogP contribution is -2.26. The van der Waals surface area contributed by atoms with Gasteiger partial charge in [-0.15, -0.1) is 0 Å². The first-order valence-electron chi connectivity index (χ1n) is 5.18. The number of aromatic nitrogens is 1. The Balaban J connectivity index is 2.14. The fraction of sp³-hybridized carbons (Fsp3) is 0.600. The van der Waals surface area contributed by atoms with Gasteiger partial charge in [0.15, 0.2) is 5.13 Å². The van der Waals surface area contributed by atoms with Crippen molar-refractivity contribution < 1.29 is 9.90 Å². The van der Waals surface area contributed by atoms with E-state index < -0.39 is 5.97 Å². The highest BCUT2D eigenvalue weighted by Crippen LogP contribution is 2.34. The average molecular weight is 226 g/mol. The molecule has 1 fully saturated rings. The van der Waals surface area contributed by atoms with E-state index in [2.05, 4.69) is 16.8 Å². The van der Waals surface area contributed by atoms with Crippen LogP contribution in [0, 0.1) is 0 Å². The second-order valence-electron chi connectivity index (χ2n) is 3.74. The topological polar surface area (TPSA) is 53.4 Å². The van der Waals surface area contributed by atoms with E-state index in [1.807, 2.05) is 0 Å². The van der Waals surface area contributed by atoms with Crippen molar-refractivity contribution >= 4 is 22.4 Å². The third-order valence-corrected chi connectivity index (χ3v) is 3.42. The molecule has 1 saturated carbocycles. The Morgan fingerprint density at radius 3 is 2.93 bits per heavy atom. The van der Waals surface area contributed by atoms with Crippen LogP contribution in [0.1, 0.15) is 35.9 Å². The molecule has 0 amide bonds. The smallest absolute Gasteiger partial charge is 0.347 e. The number of thiazole rings is 1. The van der Waals surface area contributed by atoms with Crippen molar-refractivity contribution in [3.63, 3.8) is 0 Å². The predicted octanol–water partition coefficient (Wildman–Crippen LogP) is 2.22. The van der Waals surface area contributed by atoms with Crippen LogP contribution < -0.4 is 4.90 Å². The van der Waals surface area contributed by atoms with Gasteiger partial charge in [-0.3, -0.25) is 0 Å². The molecular weight excluding hydrogens is 212 g/mol. The summed E-state index contributed by atoms with van der Waals surface area (Å²) in [6.07, 6.45) is 4.94. The van der Waals surface area contributed by atoms with Gasteiger partial charge < -0.3 is 10.0 Å². The first kappa shape index (κ1) is 10.4. The molecule has 0 aliphatic heterocycles. The van der Waals surface area contributed by atoms with E-state index >= 15 is 0 Å². The number of anilines is 1. The second kappa shape index (κ2) is 4.18. The molecule has 1 aliphatic rings. The molecule has 1 aromatic rings. The standard InChI is InChI=1S/C10H14N2O2S/c1-2-5-12(7-3-4-7)10-11-6-8(15-10)9(13)14/h6-7H,2-5H2,1H3,(H,13,14). The fourth-order valence-corrected chi connectivity index (χ4v) is 2.41. The molecular formula is C10H14N2O2S. The molecule has 0 spiro atoms. The highest BCUT2D eigenvalue weighted by molar-refractivity contribution is 7.17. The number of carboxylic acid groups (broad SMARTS) is 1. The van der Waals surface area contributed by atoms with Gasteiger partial charge in [0.1, 0.15) is 4.88 Å². The van der Waals surface area contributed by atoms with Gasteiger partial charge in [0.05, 0.1) is 6.20 Å². The first-order chi connectivity index (χ1) is 7.22. The van der Waals surface area contributed by atoms with E-state index in [9.17, 15) is 4.79 Å². The number of carbonyl (C=O) groups is 1. The third kappa shape index (κ3) is 2.28. The molecule has 1 heterocycles. The van der Waals surface area contributed by atoms with Gasteiger partial charge in [0.2, 0.25) is 0 Å². The summed E-state index contributed by atoms with van der Waals surface area (Å²) >= 11 is 1.27. The van der Waals surface area contributed by atoms with Crippen LogP contribution in [0.2, 0.25) is 0 Å². The molecule has 4 nitrogen and oxygen atoms in total. The van der Waals surface area contributed by atoms with E-state index in [1.165, 1.54) is 30.4 Å². The van der Waals surface area contributed by atoms with Crippen molar-refractivity contribution in [3.8, 4) is 0 Å². The monoisotopic (exact) mass is 226 g/mol. The maximum Gasteiger partial charge on any atom is 0.347 e. The minimum atomic E-state index is -0.883. The first-order valence-corrected chi connectivity index (χ1v) is 5.99. The Bertz CT molecular complexity index is 360. The maximum absolute atomic E-state index is 10.7. The second-order valence-corrected chi connectivity index (χ2v) is 4.75. The third-order valence-electron chi connectivity index (χ3n) is 2.40. The highest BCUT2D eigenvalue weighted by Gasteiger charge is 2.30. The van der Waals surface area contributed by atoms with E-state index in [0.29, 0.717) is 10.9 Å². The number of hydrogen-bond donors (Lipinski definition) is 1. The molecule has 0 radical (unpaired) electrons. The van der Waals surface area contributed by atoms with Crippen LogP contribution >= 0.6 is 11.3 Å². The van der Waals surface area contributed by atoms with Crippen LogP contribution in [0.4, 0.5) is 5.13 Å². The maximum atomic E-state index is 10.7. The van der Waals surface area contributed by atoms with Crippen LogP contribution in [0.3, 0.4) is 0 Å². The van der Waals surface area contributed by atoms with Gasteiger partial charge in [-0.05, 0) is 19.3 Å². The Labute approximate surface area is 92.6 Å². The van der Waals surface area contributed by atoms with Gasteiger partial charge in [0, 0.05) is 12.6 Å². The van der Waals surface area contributed by atoms with Crippen molar-refractivity contribution in [2.45, 2.75) is 32.2 Å². The van der Waals surface area contributed by atoms with Crippen LogP contribution in [0.25, 0.3) is 0 Å². The van der Waals surface area contributed by atoms with Crippen molar-refractivity contribution in [1.82, 2.24) is 4.98 Å². The summed E-state index contributed by atoms with van der Waals surface area (Å²) in [6, 6.07) is 0.595. The zero-order valence-corrected chi connectivity index (χ0v) is 9.46. The van der Waals surface area contributed by atoms with Gasteiger partial charge >= 0.3 is 5.97 Å². The SMILES string of the molecule is CCCN(c1ncc(C(=O)O)s1)C1CC1. The Morgan fingerprint density at radius 1 is 1.73 bits per heavy atom. The van der Waals surface area contributed by atoms with Gasteiger partial charge in [-0.2, -0.15) is 0 Å². The number of rotatable bonds is 5. The van der Waals surface area contributed by atoms with E-state index in [1.54, 1.807) is 0 Å². The molecule has 0 aromatic carbocycles. The zero-order chi connectivity index (χ0) is 10.8. The largest absolute Gasteiger partial charge is 0.477 e. The minimum Gasteiger partial charge on any atom is -0.477 e. The van der Waals surface area contributed by atoms with E-state index in [-0.39, 0.29) is 0 Å². The molecule has 1 aromatic heterocycles. The van der Waals surface area contributed by atoms with Crippen molar-refractivity contribution in [1.29, 1.82) is 0 Å². The Morgan fingerprint density at radius 2 is 2.47 bits per heavy atom. The Hall–Kier alpha value is -1.10. The summed E-state index contributed by atoms with van der Waals surface area (Å²) in [5, 5.41) is 9.67. The van der Waals surface area contributed by atoms with Crippen molar-refractivity contribution in [2.75, 3.05) is 11.4 Å². The van der Waals surface area contributed by atoms with Crippen LogP contribution in [0.15, 0.2) is 6.20 Å². The van der Waals surface area contributed by atoms with Crippen LogP contribution in [0.5, 0.6) is 0 Å². The highest BCUT2D eigenvalue weighted by atomic mass is 32.1. The summed E-state index contributed by atoms with van der Waals surface area (Å²) in [4.78, 5) is 17.5. The summed E-state index contributed by atoms with van der Waals surface area (Å²) in [7, 11) is 0. The molecule has 1 N–H and O–H groups in total. The van der Waals surface area contributed by atoms with Crippen molar-refractivity contribution in [3.05, 3.63) is 11.1 Å². The lowest BCUT2D eigenvalue weighted by Gasteiger charge is -2.20. The predicted molar refractivity (Wildman–Crippen MR) is 59.7 cm³/mol. The number of nitrogens with zero attached hydrogens (tertiary/aromatic N) is 2. The normalized spacial score (nSPS) is 15.3. The summed E-state index contributed by atoms with van der Waals surface area (Å²) in [5.41, 5.74) is 0. The Kier molecular flexibility index (Phi) is 2.90. The molecule has 1 aliphatic carbocycles. The molecule has 5 heteroatoms. The van der Waals surface area contributed by atoms with E-state index in [4.69, 9.17) is 5.11 Å². The molecule has 15 heavy (non-hydrogen) atoms. The van der Waals surface area contributed by atoms with Gasteiger partial charge in [0.25, 0.3) is 0 Å². The molecule has 2 rings (SSSR count). The fourth-order valence-electron chi connectivity index (χ4n) is 1.56. The van der Waals surface area contributed by atoms with Crippen LogP contribution in [-0.2, 0) is 0 Å². The minimum absolute atomic E-state index is 0.326. The molecule has 0 atom stereocenters. The molecule has 0 unspecified atom stereocenters. The summed E-state index contributed by atoms with van der Waals surface area (Å²) in [5.74, 6) is -0.883. The lowest BCUT2D eigenvalue weighted by molar-refractivity contribution is 0.0702. The molecule has 0 bridgehead atoms. The lowest BCUT2D eigenvalue weighted by atomic mass is 10.4. The quantitative estimate of drug-likeness (QED) is 0.836. The molecule has 82 valence electrons. The number of hydrogen-bond acceptors (Lipinski definition) is 4. The zero-order valence-electron chi connectivity index (χ0n) is 8.64. The van der Waals surface area contributed by atoms with Gasteiger partial charge in [-0.1, -0.05) is 18.3 Å². The van der Waals surface area contributed by atoms with Crippen LogP contribution in [-0.4, -0.2) is 28.6 Å². The van der Waals surface area contributed by atoms with Gasteiger partial charge in [-0.25, -0.2) is 9.78 Å². The van der Waals surface area contributed by atoms with E-state index in [0.717, 1.165) is 18.1 Å². The number of aromatic carboxylic acids is 1. The molecule has 0 saturated heterocycles. The number of carboxylic acids is 1. The van der Waals surface area contributed by atoms with Crippen molar-refractivity contribution in [2.24, 2.45) is 0 Å².